The Labute approximate surface area is 219 Å². The van der Waals surface area contributed by atoms with Crippen LogP contribution in [-0.2, 0) is 16.4 Å². The van der Waals surface area contributed by atoms with Gasteiger partial charge in [-0.3, -0.25) is 4.79 Å². The standard InChI is InChI=1S/C29H37N3O4S/c1-22-19-29(33)30-28-13-12-26(21-27(22)28)37(34,35)32-16-5-4-15-31-14-3-2-8-24(31)11-10-23-7-6-9-25(20-23)36-18-17-32/h6-7,9,12-13,19-21,24H,2-5,8,10-11,14-18H2,1H3,(H,30,33). The summed E-state index contributed by atoms with van der Waals surface area (Å²) in [5, 5.41) is 0.739. The largest absolute Gasteiger partial charge is 0.492 e. The molecule has 1 fully saturated rings. The average molecular weight is 524 g/mol. The monoisotopic (exact) mass is 523 g/mol. The van der Waals surface area contributed by atoms with E-state index in [0.29, 0.717) is 18.1 Å². The predicted molar refractivity (Wildman–Crippen MR) is 147 cm³/mol. The second kappa shape index (κ2) is 11.4. The van der Waals surface area contributed by atoms with Crippen LogP contribution in [0.3, 0.4) is 0 Å². The van der Waals surface area contributed by atoms with Crippen LogP contribution < -0.4 is 10.3 Å². The van der Waals surface area contributed by atoms with Gasteiger partial charge in [-0.2, -0.15) is 4.31 Å². The SMILES string of the molecule is Cc1cc(=O)[nH]c2ccc(S(=O)(=O)N3CCCCN4CCCCC4CCc4cccc(c4)OCC3)cc12. The van der Waals surface area contributed by atoms with E-state index in [-0.39, 0.29) is 23.6 Å². The van der Waals surface area contributed by atoms with Crippen LogP contribution in [0.2, 0.25) is 0 Å². The Morgan fingerprint density at radius 1 is 0.919 bits per heavy atom. The molecule has 198 valence electrons. The van der Waals surface area contributed by atoms with Gasteiger partial charge in [0, 0.05) is 36.1 Å². The van der Waals surface area contributed by atoms with Crippen molar-refractivity contribution >= 4 is 20.9 Å². The third-order valence-corrected chi connectivity index (χ3v) is 9.68. The molecule has 2 aromatic carbocycles. The van der Waals surface area contributed by atoms with Crippen LogP contribution in [0.5, 0.6) is 5.75 Å². The number of aryl methyl sites for hydroxylation is 2. The van der Waals surface area contributed by atoms with Gasteiger partial charge in [0.2, 0.25) is 15.6 Å². The fourth-order valence-electron chi connectivity index (χ4n) is 5.74. The van der Waals surface area contributed by atoms with Gasteiger partial charge in [0.1, 0.15) is 12.4 Å². The lowest BCUT2D eigenvalue weighted by Crippen LogP contribution is -2.40. The van der Waals surface area contributed by atoms with Crippen molar-refractivity contribution < 1.29 is 13.2 Å². The minimum absolute atomic E-state index is 0.191. The number of hydrogen-bond donors (Lipinski definition) is 1. The molecule has 1 aromatic heterocycles. The molecular formula is C29H37N3O4S. The van der Waals surface area contributed by atoms with Crippen molar-refractivity contribution in [1.29, 1.82) is 0 Å². The lowest BCUT2D eigenvalue weighted by atomic mass is 9.95. The second-order valence-electron chi connectivity index (χ2n) is 10.4. The van der Waals surface area contributed by atoms with E-state index >= 15 is 0 Å². The van der Waals surface area contributed by atoms with Crippen molar-refractivity contribution in [3.05, 3.63) is 70.0 Å². The predicted octanol–water partition coefficient (Wildman–Crippen LogP) is 4.49. The molecule has 8 heteroatoms. The number of nitrogens with zero attached hydrogens (tertiary/aromatic N) is 2. The maximum Gasteiger partial charge on any atom is 0.248 e. The number of piperidine rings is 1. The van der Waals surface area contributed by atoms with Crippen LogP contribution in [0.15, 0.2) is 58.2 Å². The molecule has 0 saturated carbocycles. The number of fused-ring (bicyclic) bond motifs is 4. The van der Waals surface area contributed by atoms with E-state index in [4.69, 9.17) is 4.74 Å². The van der Waals surface area contributed by atoms with Gasteiger partial charge in [0.15, 0.2) is 0 Å². The second-order valence-corrected chi connectivity index (χ2v) is 12.3. The number of aromatic nitrogens is 1. The van der Waals surface area contributed by atoms with Gasteiger partial charge in [-0.1, -0.05) is 18.6 Å². The Bertz CT molecular complexity index is 1400. The molecule has 1 unspecified atom stereocenters. The highest BCUT2D eigenvalue weighted by Crippen LogP contribution is 2.25. The van der Waals surface area contributed by atoms with Crippen LogP contribution in [0, 0.1) is 6.92 Å². The lowest BCUT2D eigenvalue weighted by Gasteiger charge is -2.36. The first kappa shape index (κ1) is 25.9. The summed E-state index contributed by atoms with van der Waals surface area (Å²) < 4.78 is 35.2. The van der Waals surface area contributed by atoms with Crippen molar-refractivity contribution in [3.8, 4) is 5.75 Å². The third kappa shape index (κ3) is 6.08. The fourth-order valence-corrected chi connectivity index (χ4v) is 7.23. The molecule has 3 aromatic rings. The molecule has 7 nitrogen and oxygen atoms in total. The number of benzene rings is 2. The third-order valence-electron chi connectivity index (χ3n) is 7.79. The van der Waals surface area contributed by atoms with Crippen LogP contribution in [-0.4, -0.2) is 61.4 Å². The molecule has 3 heterocycles. The highest BCUT2D eigenvalue weighted by atomic mass is 32.2. The highest BCUT2D eigenvalue weighted by Gasteiger charge is 2.26. The number of nitrogens with one attached hydrogen (secondary N) is 1. The number of rotatable bonds is 2. The number of pyridine rings is 1. The Balaban J connectivity index is 1.40. The molecule has 2 aliphatic rings. The maximum atomic E-state index is 13.8. The molecule has 0 spiro atoms. The van der Waals surface area contributed by atoms with Gasteiger partial charge in [-0.25, -0.2) is 8.42 Å². The minimum atomic E-state index is -3.74. The van der Waals surface area contributed by atoms with E-state index in [9.17, 15) is 13.2 Å². The molecular weight excluding hydrogens is 486 g/mol. The van der Waals surface area contributed by atoms with E-state index in [1.54, 1.807) is 22.5 Å². The number of ether oxygens (including phenoxy) is 1. The average Bonchev–Trinajstić information content (AvgIpc) is 2.89. The topological polar surface area (TPSA) is 82.7 Å². The summed E-state index contributed by atoms with van der Waals surface area (Å²) in [7, 11) is -3.74. The lowest BCUT2D eigenvalue weighted by molar-refractivity contribution is 0.137. The van der Waals surface area contributed by atoms with E-state index in [1.807, 2.05) is 19.1 Å². The molecule has 2 bridgehead atoms. The molecule has 0 amide bonds. The number of sulfonamides is 1. The van der Waals surface area contributed by atoms with Gasteiger partial charge in [-0.05, 0) is 100.0 Å². The van der Waals surface area contributed by atoms with Gasteiger partial charge in [0.25, 0.3) is 0 Å². The van der Waals surface area contributed by atoms with E-state index in [0.717, 1.165) is 55.5 Å². The van der Waals surface area contributed by atoms with Crippen molar-refractivity contribution in [2.75, 3.05) is 32.8 Å². The molecule has 5 rings (SSSR count). The van der Waals surface area contributed by atoms with Crippen molar-refractivity contribution in [1.82, 2.24) is 14.2 Å². The normalized spacial score (nSPS) is 20.9. The summed E-state index contributed by atoms with van der Waals surface area (Å²) in [5.41, 5.74) is 2.47. The quantitative estimate of drug-likeness (QED) is 0.535. The molecule has 1 atom stereocenters. The number of H-pyrrole nitrogens is 1. The molecule has 1 N–H and O–H groups in total. The van der Waals surface area contributed by atoms with Crippen LogP contribution in [0.4, 0.5) is 0 Å². The smallest absolute Gasteiger partial charge is 0.248 e. The molecule has 2 aliphatic heterocycles. The van der Waals surface area contributed by atoms with Crippen molar-refractivity contribution in [3.63, 3.8) is 0 Å². The Morgan fingerprint density at radius 3 is 2.59 bits per heavy atom. The van der Waals surface area contributed by atoms with E-state index in [1.165, 1.54) is 30.9 Å². The fraction of sp³-hybridized carbons (Fsp3) is 0.483. The van der Waals surface area contributed by atoms with Gasteiger partial charge in [0.05, 0.1) is 4.90 Å². The summed E-state index contributed by atoms with van der Waals surface area (Å²) in [6.45, 7) is 4.99. The van der Waals surface area contributed by atoms with E-state index in [2.05, 4.69) is 22.0 Å². The minimum Gasteiger partial charge on any atom is -0.492 e. The van der Waals surface area contributed by atoms with Crippen LogP contribution >= 0.6 is 0 Å². The highest BCUT2D eigenvalue weighted by molar-refractivity contribution is 7.89. The summed E-state index contributed by atoms with van der Waals surface area (Å²) in [5.74, 6) is 0.788. The summed E-state index contributed by atoms with van der Waals surface area (Å²) in [4.78, 5) is 17.5. The molecule has 1 saturated heterocycles. The first-order valence-corrected chi connectivity index (χ1v) is 14.9. The van der Waals surface area contributed by atoms with E-state index < -0.39 is 10.0 Å². The van der Waals surface area contributed by atoms with Gasteiger partial charge in [-0.15, -0.1) is 0 Å². The van der Waals surface area contributed by atoms with Crippen LogP contribution in [0.1, 0.15) is 49.7 Å². The zero-order chi connectivity index (χ0) is 25.8. The summed E-state index contributed by atoms with van der Waals surface area (Å²) >= 11 is 0. The molecule has 0 radical (unpaired) electrons. The van der Waals surface area contributed by atoms with Crippen molar-refractivity contribution in [2.24, 2.45) is 0 Å². The maximum absolute atomic E-state index is 13.8. The van der Waals surface area contributed by atoms with Crippen molar-refractivity contribution in [2.45, 2.75) is 62.8 Å². The van der Waals surface area contributed by atoms with Gasteiger partial charge >= 0.3 is 0 Å². The molecule has 37 heavy (non-hydrogen) atoms. The van der Waals surface area contributed by atoms with Crippen LogP contribution in [0.25, 0.3) is 10.9 Å². The Kier molecular flexibility index (Phi) is 7.98. The summed E-state index contributed by atoms with van der Waals surface area (Å²) in [6.07, 6.45) is 7.72. The molecule has 0 aliphatic carbocycles. The number of hydrogen-bond acceptors (Lipinski definition) is 5. The van der Waals surface area contributed by atoms with Gasteiger partial charge < -0.3 is 14.6 Å². The zero-order valence-electron chi connectivity index (χ0n) is 21.6. The first-order chi connectivity index (χ1) is 17.9. The Morgan fingerprint density at radius 2 is 1.73 bits per heavy atom. The number of aromatic amines is 1. The Hall–Kier alpha value is -2.68. The summed E-state index contributed by atoms with van der Waals surface area (Å²) in [6, 6.07) is 15.3. The first-order valence-electron chi connectivity index (χ1n) is 13.5. The zero-order valence-corrected chi connectivity index (χ0v) is 22.4.